The summed E-state index contributed by atoms with van der Waals surface area (Å²) >= 11 is 12.8. The Bertz CT molecular complexity index is 555. The quantitative estimate of drug-likeness (QED) is 0.745. The van der Waals surface area contributed by atoms with Gasteiger partial charge < -0.3 is 10.5 Å². The zero-order valence-corrected chi connectivity index (χ0v) is 13.2. The first-order valence-electron chi connectivity index (χ1n) is 5.17. The van der Waals surface area contributed by atoms with Crippen molar-refractivity contribution in [2.45, 2.75) is 6.61 Å². The van der Waals surface area contributed by atoms with Crippen LogP contribution in [0, 0.1) is 0 Å². The summed E-state index contributed by atoms with van der Waals surface area (Å²) in [5.41, 5.74) is 7.32. The number of halogens is 3. The van der Waals surface area contributed by atoms with E-state index in [4.69, 9.17) is 22.1 Å². The van der Waals surface area contributed by atoms with E-state index in [-0.39, 0.29) is 0 Å². The molecule has 0 amide bonds. The van der Waals surface area contributed by atoms with Gasteiger partial charge in [0.15, 0.2) is 0 Å². The van der Waals surface area contributed by atoms with Crippen LogP contribution < -0.4 is 10.5 Å². The molecule has 0 heterocycles. The lowest BCUT2D eigenvalue weighted by Crippen LogP contribution is -1.97. The molecule has 5 heteroatoms. The van der Waals surface area contributed by atoms with Gasteiger partial charge in [-0.15, -0.1) is 0 Å². The van der Waals surface area contributed by atoms with Crippen molar-refractivity contribution in [2.24, 2.45) is 0 Å². The zero-order valence-electron chi connectivity index (χ0n) is 9.29. The fourth-order valence-corrected chi connectivity index (χ4v) is 2.69. The molecule has 94 valence electrons. The van der Waals surface area contributed by atoms with Gasteiger partial charge in [0.1, 0.15) is 12.4 Å². The second-order valence-electron chi connectivity index (χ2n) is 3.74. The first-order chi connectivity index (χ1) is 8.54. The third-order valence-corrected chi connectivity index (χ3v) is 3.61. The average molecular weight is 391 g/mol. The van der Waals surface area contributed by atoms with Crippen LogP contribution in [0.1, 0.15) is 5.56 Å². The Morgan fingerprint density at radius 1 is 1.06 bits per heavy atom. The standard InChI is InChI=1S/C13H10Br2ClNO/c14-9-2-1-8(13(16)5-9)7-18-12-4-10(15)3-11(17)6-12/h1-6H,7,17H2. The van der Waals surface area contributed by atoms with Crippen molar-refractivity contribution in [3.8, 4) is 5.75 Å². The number of hydrogen-bond acceptors (Lipinski definition) is 2. The minimum absolute atomic E-state index is 0.405. The van der Waals surface area contributed by atoms with Gasteiger partial charge in [0.05, 0.1) is 0 Å². The van der Waals surface area contributed by atoms with Crippen molar-refractivity contribution < 1.29 is 4.74 Å². The molecule has 0 spiro atoms. The Balaban J connectivity index is 2.11. The van der Waals surface area contributed by atoms with Crippen LogP contribution in [0.4, 0.5) is 5.69 Å². The topological polar surface area (TPSA) is 35.2 Å². The predicted molar refractivity (Wildman–Crippen MR) is 82.0 cm³/mol. The summed E-state index contributed by atoms with van der Waals surface area (Å²) in [6, 6.07) is 11.2. The van der Waals surface area contributed by atoms with Gasteiger partial charge in [0.25, 0.3) is 0 Å². The molecule has 2 rings (SSSR count). The lowest BCUT2D eigenvalue weighted by molar-refractivity contribution is 0.306. The fourth-order valence-electron chi connectivity index (χ4n) is 1.47. The number of ether oxygens (including phenoxy) is 1. The van der Waals surface area contributed by atoms with Gasteiger partial charge in [-0.05, 0) is 24.3 Å². The van der Waals surface area contributed by atoms with Crippen LogP contribution >= 0.6 is 43.5 Å². The largest absolute Gasteiger partial charge is 0.489 e. The van der Waals surface area contributed by atoms with Crippen LogP contribution in [0.5, 0.6) is 5.75 Å². The number of nitrogen functional groups attached to an aromatic ring is 1. The molecule has 0 aliphatic heterocycles. The molecule has 2 N–H and O–H groups in total. The van der Waals surface area contributed by atoms with E-state index in [1.165, 1.54) is 0 Å². The zero-order chi connectivity index (χ0) is 13.1. The molecule has 18 heavy (non-hydrogen) atoms. The maximum absolute atomic E-state index is 6.11. The van der Waals surface area contributed by atoms with Crippen molar-refractivity contribution in [1.82, 2.24) is 0 Å². The SMILES string of the molecule is Nc1cc(Br)cc(OCc2ccc(Br)cc2Cl)c1. The summed E-state index contributed by atoms with van der Waals surface area (Å²) in [5.74, 6) is 0.709. The Kier molecular flexibility index (Phi) is 4.54. The molecule has 0 atom stereocenters. The molecule has 0 radical (unpaired) electrons. The smallest absolute Gasteiger partial charge is 0.122 e. The molecule has 0 aromatic heterocycles. The summed E-state index contributed by atoms with van der Waals surface area (Å²) in [6.45, 7) is 0.405. The van der Waals surface area contributed by atoms with Crippen molar-refractivity contribution in [3.63, 3.8) is 0 Å². The maximum Gasteiger partial charge on any atom is 0.122 e. The van der Waals surface area contributed by atoms with Gasteiger partial charge in [-0.2, -0.15) is 0 Å². The number of nitrogens with two attached hydrogens (primary N) is 1. The molecular weight excluding hydrogens is 381 g/mol. The van der Waals surface area contributed by atoms with Crippen molar-refractivity contribution in [2.75, 3.05) is 5.73 Å². The van der Waals surface area contributed by atoms with E-state index < -0.39 is 0 Å². The summed E-state index contributed by atoms with van der Waals surface area (Å²) in [7, 11) is 0. The summed E-state index contributed by atoms with van der Waals surface area (Å²) < 4.78 is 7.50. The highest BCUT2D eigenvalue weighted by atomic mass is 79.9. The molecule has 0 unspecified atom stereocenters. The van der Waals surface area contributed by atoms with Gasteiger partial charge in [0, 0.05) is 31.3 Å². The van der Waals surface area contributed by atoms with E-state index in [0.29, 0.717) is 23.1 Å². The molecule has 0 bridgehead atoms. The molecule has 0 saturated heterocycles. The van der Waals surface area contributed by atoms with Gasteiger partial charge in [-0.25, -0.2) is 0 Å². The highest BCUT2D eigenvalue weighted by molar-refractivity contribution is 9.10. The average Bonchev–Trinajstić information content (AvgIpc) is 2.26. The molecular formula is C13H10Br2ClNO. The minimum Gasteiger partial charge on any atom is -0.489 e. The molecule has 0 saturated carbocycles. The van der Waals surface area contributed by atoms with Gasteiger partial charge in [-0.3, -0.25) is 0 Å². The van der Waals surface area contributed by atoms with E-state index >= 15 is 0 Å². The van der Waals surface area contributed by atoms with Gasteiger partial charge in [-0.1, -0.05) is 49.5 Å². The van der Waals surface area contributed by atoms with Crippen LogP contribution in [0.25, 0.3) is 0 Å². The van der Waals surface area contributed by atoms with Crippen molar-refractivity contribution in [1.29, 1.82) is 0 Å². The number of rotatable bonds is 3. The first-order valence-corrected chi connectivity index (χ1v) is 7.14. The second-order valence-corrected chi connectivity index (χ2v) is 5.98. The van der Waals surface area contributed by atoms with Crippen LogP contribution in [-0.2, 0) is 6.61 Å². The highest BCUT2D eigenvalue weighted by Crippen LogP contribution is 2.26. The van der Waals surface area contributed by atoms with Crippen LogP contribution in [0.2, 0.25) is 5.02 Å². The maximum atomic E-state index is 6.11. The predicted octanol–water partition coefficient (Wildman–Crippen LogP) is 5.03. The molecule has 0 aliphatic carbocycles. The van der Waals surface area contributed by atoms with Crippen LogP contribution in [0.3, 0.4) is 0 Å². The van der Waals surface area contributed by atoms with Gasteiger partial charge in [0.2, 0.25) is 0 Å². The first kappa shape index (κ1) is 13.7. The van der Waals surface area contributed by atoms with E-state index in [1.54, 1.807) is 6.07 Å². The third kappa shape index (κ3) is 3.64. The number of anilines is 1. The second kappa shape index (κ2) is 5.95. The Hall–Kier alpha value is -0.710. The van der Waals surface area contributed by atoms with E-state index in [0.717, 1.165) is 14.5 Å². The van der Waals surface area contributed by atoms with E-state index in [9.17, 15) is 0 Å². The van der Waals surface area contributed by atoms with Crippen LogP contribution in [-0.4, -0.2) is 0 Å². The lowest BCUT2D eigenvalue weighted by Gasteiger charge is -2.09. The molecule has 0 fully saturated rings. The lowest BCUT2D eigenvalue weighted by atomic mass is 10.2. The van der Waals surface area contributed by atoms with Gasteiger partial charge >= 0.3 is 0 Å². The monoisotopic (exact) mass is 389 g/mol. The number of hydrogen-bond donors (Lipinski definition) is 1. The minimum atomic E-state index is 0.405. The van der Waals surface area contributed by atoms with E-state index in [2.05, 4.69) is 31.9 Å². The third-order valence-electron chi connectivity index (χ3n) is 2.30. The van der Waals surface area contributed by atoms with Crippen molar-refractivity contribution >= 4 is 49.1 Å². The Morgan fingerprint density at radius 3 is 2.50 bits per heavy atom. The van der Waals surface area contributed by atoms with Crippen LogP contribution in [0.15, 0.2) is 45.3 Å². The highest BCUT2D eigenvalue weighted by Gasteiger charge is 2.03. The van der Waals surface area contributed by atoms with E-state index in [1.807, 2.05) is 30.3 Å². The summed E-state index contributed by atoms with van der Waals surface area (Å²) in [5, 5.41) is 0.673. The number of benzene rings is 2. The Labute approximate surface area is 127 Å². The molecule has 2 aromatic carbocycles. The molecule has 2 nitrogen and oxygen atoms in total. The van der Waals surface area contributed by atoms with Crippen molar-refractivity contribution in [3.05, 3.63) is 55.9 Å². The summed E-state index contributed by atoms with van der Waals surface area (Å²) in [4.78, 5) is 0. The molecule has 2 aromatic rings. The normalized spacial score (nSPS) is 10.4. The fraction of sp³-hybridized carbons (Fsp3) is 0.0769. The Morgan fingerprint density at radius 2 is 1.83 bits per heavy atom. The molecule has 0 aliphatic rings. The summed E-state index contributed by atoms with van der Waals surface area (Å²) in [6.07, 6.45) is 0.